The summed E-state index contributed by atoms with van der Waals surface area (Å²) in [6.45, 7) is 0.755. The van der Waals surface area contributed by atoms with Gasteiger partial charge in [0.2, 0.25) is 0 Å². The van der Waals surface area contributed by atoms with Crippen molar-refractivity contribution >= 4 is 35.0 Å². The first kappa shape index (κ1) is 17.4. The third-order valence-corrected chi connectivity index (χ3v) is 5.66. The smallest absolute Gasteiger partial charge is 0.259 e. The highest BCUT2D eigenvalue weighted by molar-refractivity contribution is 6.31. The quantitative estimate of drug-likeness (QED) is 0.588. The van der Waals surface area contributed by atoms with Gasteiger partial charge in [-0.15, -0.1) is 0 Å². The van der Waals surface area contributed by atoms with Gasteiger partial charge in [-0.1, -0.05) is 47.5 Å². The van der Waals surface area contributed by atoms with Crippen molar-refractivity contribution < 1.29 is 14.3 Å². The molecule has 0 saturated carbocycles. The zero-order chi connectivity index (χ0) is 19.4. The SMILES string of the molecule is O=C1NC(=O)c2c1c(-c1ccc(Cl)cc1)c1c(c2-c2ccc(Cl)cc2)COC1. The average molecular weight is 410 g/mol. The number of rotatable bonds is 2. The van der Waals surface area contributed by atoms with Crippen LogP contribution in [0.15, 0.2) is 48.5 Å². The maximum absolute atomic E-state index is 12.8. The molecule has 3 aromatic rings. The minimum Gasteiger partial charge on any atom is -0.372 e. The van der Waals surface area contributed by atoms with E-state index in [0.717, 1.165) is 33.4 Å². The fourth-order valence-corrected chi connectivity index (χ4v) is 4.23. The number of carbonyl (C=O) groups is 2. The van der Waals surface area contributed by atoms with E-state index in [1.807, 2.05) is 24.3 Å². The molecule has 0 fully saturated rings. The van der Waals surface area contributed by atoms with Gasteiger partial charge in [0.1, 0.15) is 0 Å². The number of benzene rings is 3. The Morgan fingerprint density at radius 3 is 1.43 bits per heavy atom. The Balaban J connectivity index is 1.88. The minimum absolute atomic E-state index is 0.378. The largest absolute Gasteiger partial charge is 0.372 e. The van der Waals surface area contributed by atoms with E-state index in [-0.39, 0.29) is 0 Å². The number of nitrogens with one attached hydrogen (secondary N) is 1. The van der Waals surface area contributed by atoms with Gasteiger partial charge in [-0.3, -0.25) is 14.9 Å². The molecule has 6 heteroatoms. The summed E-state index contributed by atoms with van der Waals surface area (Å²) in [5, 5.41) is 3.66. The molecule has 28 heavy (non-hydrogen) atoms. The molecule has 138 valence electrons. The molecule has 4 nitrogen and oxygen atoms in total. The fourth-order valence-electron chi connectivity index (χ4n) is 3.98. The molecule has 0 atom stereocenters. The van der Waals surface area contributed by atoms with Crippen LogP contribution in [0.1, 0.15) is 31.8 Å². The van der Waals surface area contributed by atoms with Gasteiger partial charge in [-0.25, -0.2) is 0 Å². The standard InChI is InChI=1S/C22H13Cl2NO3/c23-13-5-1-11(2-6-13)17-15-9-28-10-16(15)18(12-3-7-14(24)8-4-12)20-19(17)21(26)25-22(20)27/h1-8H,9-10H2,(H,25,26,27). The van der Waals surface area contributed by atoms with Gasteiger partial charge in [0.05, 0.1) is 24.3 Å². The molecule has 2 heterocycles. The summed E-state index contributed by atoms with van der Waals surface area (Å²) in [4.78, 5) is 25.5. The zero-order valence-electron chi connectivity index (χ0n) is 14.5. The molecule has 2 aliphatic rings. The molecule has 0 saturated heterocycles. The lowest BCUT2D eigenvalue weighted by Crippen LogP contribution is -2.20. The normalized spacial score (nSPS) is 14.8. The predicted octanol–water partition coefficient (Wildman–Crippen LogP) is 5.24. The zero-order valence-corrected chi connectivity index (χ0v) is 16.0. The molecule has 0 aliphatic carbocycles. The Morgan fingerprint density at radius 1 is 0.643 bits per heavy atom. The van der Waals surface area contributed by atoms with Crippen molar-refractivity contribution in [1.29, 1.82) is 0 Å². The summed E-state index contributed by atoms with van der Waals surface area (Å²) in [5.41, 5.74) is 5.76. The Hall–Kier alpha value is -2.66. The lowest BCUT2D eigenvalue weighted by atomic mass is 9.83. The van der Waals surface area contributed by atoms with Crippen molar-refractivity contribution in [3.05, 3.63) is 80.8 Å². The monoisotopic (exact) mass is 409 g/mol. The number of halogens is 2. The van der Waals surface area contributed by atoms with Gasteiger partial charge in [0, 0.05) is 21.2 Å². The van der Waals surface area contributed by atoms with E-state index in [1.54, 1.807) is 24.3 Å². The highest BCUT2D eigenvalue weighted by Crippen LogP contribution is 2.45. The van der Waals surface area contributed by atoms with Crippen molar-refractivity contribution in [3.8, 4) is 22.3 Å². The van der Waals surface area contributed by atoms with Gasteiger partial charge in [0.15, 0.2) is 0 Å². The van der Waals surface area contributed by atoms with Crippen LogP contribution in [0.3, 0.4) is 0 Å². The second kappa shape index (κ2) is 6.45. The first-order valence-electron chi connectivity index (χ1n) is 8.71. The van der Waals surface area contributed by atoms with Crippen molar-refractivity contribution in [2.24, 2.45) is 0 Å². The van der Waals surface area contributed by atoms with Gasteiger partial charge < -0.3 is 4.74 Å². The van der Waals surface area contributed by atoms with E-state index in [2.05, 4.69) is 5.32 Å². The Morgan fingerprint density at radius 2 is 1.04 bits per heavy atom. The average Bonchev–Trinajstić information content (AvgIpc) is 3.27. The van der Waals surface area contributed by atoms with Crippen LogP contribution in [0, 0.1) is 0 Å². The van der Waals surface area contributed by atoms with Crippen LogP contribution in [0.2, 0.25) is 10.0 Å². The van der Waals surface area contributed by atoms with Crippen LogP contribution in [-0.2, 0) is 18.0 Å². The lowest BCUT2D eigenvalue weighted by molar-refractivity contribution is 0.0880. The summed E-state index contributed by atoms with van der Waals surface area (Å²) < 4.78 is 5.74. The van der Waals surface area contributed by atoms with Crippen molar-refractivity contribution in [3.63, 3.8) is 0 Å². The Bertz CT molecular complexity index is 1060. The summed E-state index contributed by atoms with van der Waals surface area (Å²) in [6, 6.07) is 14.5. The molecule has 3 aromatic carbocycles. The molecule has 5 rings (SSSR count). The Kier molecular flexibility index (Phi) is 4.02. The number of hydrogen-bond donors (Lipinski definition) is 1. The van der Waals surface area contributed by atoms with Gasteiger partial charge in [-0.2, -0.15) is 0 Å². The lowest BCUT2D eigenvalue weighted by Gasteiger charge is -2.17. The molecular formula is C22H13Cl2NO3. The molecular weight excluding hydrogens is 397 g/mol. The van der Waals surface area contributed by atoms with E-state index >= 15 is 0 Å². The molecule has 1 N–H and O–H groups in total. The maximum atomic E-state index is 12.8. The van der Waals surface area contributed by atoms with Crippen LogP contribution < -0.4 is 5.32 Å². The minimum atomic E-state index is -0.394. The molecule has 0 bridgehead atoms. The number of imide groups is 1. The van der Waals surface area contributed by atoms with E-state index in [1.165, 1.54) is 0 Å². The summed E-state index contributed by atoms with van der Waals surface area (Å²) in [6.07, 6.45) is 0. The van der Waals surface area contributed by atoms with Crippen molar-refractivity contribution in [1.82, 2.24) is 5.32 Å². The summed E-state index contributed by atoms with van der Waals surface area (Å²) in [7, 11) is 0. The van der Waals surface area contributed by atoms with Crippen LogP contribution in [-0.4, -0.2) is 11.8 Å². The van der Waals surface area contributed by atoms with E-state index in [4.69, 9.17) is 27.9 Å². The summed E-state index contributed by atoms with van der Waals surface area (Å²) >= 11 is 12.1. The molecule has 0 radical (unpaired) electrons. The van der Waals surface area contributed by atoms with Crippen LogP contribution in [0.4, 0.5) is 0 Å². The number of amides is 2. The molecule has 2 amide bonds. The third-order valence-electron chi connectivity index (χ3n) is 5.16. The van der Waals surface area contributed by atoms with Crippen LogP contribution in [0.25, 0.3) is 22.3 Å². The van der Waals surface area contributed by atoms with Crippen molar-refractivity contribution in [2.45, 2.75) is 13.2 Å². The number of ether oxygens (including phenoxy) is 1. The second-order valence-electron chi connectivity index (χ2n) is 6.75. The third kappa shape index (κ3) is 2.57. The fraction of sp³-hybridized carbons (Fsp3) is 0.0909. The highest BCUT2D eigenvalue weighted by atomic mass is 35.5. The van der Waals surface area contributed by atoms with Gasteiger partial charge >= 0.3 is 0 Å². The number of hydrogen-bond acceptors (Lipinski definition) is 3. The maximum Gasteiger partial charge on any atom is 0.259 e. The van der Waals surface area contributed by atoms with E-state index < -0.39 is 11.8 Å². The highest BCUT2D eigenvalue weighted by Gasteiger charge is 2.38. The van der Waals surface area contributed by atoms with E-state index in [0.29, 0.717) is 34.4 Å². The molecule has 0 unspecified atom stereocenters. The van der Waals surface area contributed by atoms with Gasteiger partial charge in [-0.05, 0) is 46.5 Å². The molecule has 2 aliphatic heterocycles. The van der Waals surface area contributed by atoms with E-state index in [9.17, 15) is 9.59 Å². The van der Waals surface area contributed by atoms with Crippen LogP contribution in [0.5, 0.6) is 0 Å². The Labute approximate surface area is 171 Å². The van der Waals surface area contributed by atoms with Crippen molar-refractivity contribution in [2.75, 3.05) is 0 Å². The number of fused-ring (bicyclic) bond motifs is 2. The topological polar surface area (TPSA) is 55.4 Å². The number of carbonyl (C=O) groups excluding carboxylic acids is 2. The molecule has 0 aromatic heterocycles. The summed E-state index contributed by atoms with van der Waals surface area (Å²) in [5.74, 6) is -0.787. The first-order chi connectivity index (χ1) is 13.5. The first-order valence-corrected chi connectivity index (χ1v) is 9.47. The predicted molar refractivity (Wildman–Crippen MR) is 108 cm³/mol. The van der Waals surface area contributed by atoms with Gasteiger partial charge in [0.25, 0.3) is 11.8 Å². The molecule has 0 spiro atoms. The second-order valence-corrected chi connectivity index (χ2v) is 7.62. The van der Waals surface area contributed by atoms with Crippen LogP contribution >= 0.6 is 23.2 Å².